The largest absolute Gasteiger partial charge is 0.504 e. The average Bonchev–Trinajstić information content (AvgIpc) is 2.07. The average molecular weight is 339 g/mol. The molecule has 0 bridgehead atoms. The smallest absolute Gasteiger partial charge is 0.0830 e. The van der Waals surface area contributed by atoms with E-state index in [-0.39, 0.29) is 0 Å². The summed E-state index contributed by atoms with van der Waals surface area (Å²) in [4.78, 5) is 0. The molecule has 64 valence electrons. The van der Waals surface area contributed by atoms with E-state index in [1.165, 1.54) is 3.57 Å². The summed E-state index contributed by atoms with van der Waals surface area (Å²) in [5, 5.41) is 0. The minimum atomic E-state index is 1.08. The van der Waals surface area contributed by atoms with Crippen molar-refractivity contribution in [3.63, 3.8) is 0 Å². The number of benzene rings is 1. The zero-order chi connectivity index (χ0) is 8.97. The predicted molar refractivity (Wildman–Crippen MR) is 62.9 cm³/mol. The first kappa shape index (κ1) is 10.1. The van der Waals surface area contributed by atoms with Crippen LogP contribution in [0.4, 0.5) is 0 Å². The lowest BCUT2D eigenvalue weighted by Crippen LogP contribution is -1.79. The first-order valence-corrected chi connectivity index (χ1v) is 5.25. The van der Waals surface area contributed by atoms with Gasteiger partial charge < -0.3 is 4.74 Å². The van der Waals surface area contributed by atoms with Gasteiger partial charge in [-0.05, 0) is 52.4 Å². The topological polar surface area (TPSA) is 9.23 Å². The van der Waals surface area contributed by atoms with Crippen molar-refractivity contribution in [2.24, 2.45) is 0 Å². The molecule has 1 aromatic carbocycles. The lowest BCUT2D eigenvalue weighted by molar-refractivity contribution is 0.341. The van der Waals surface area contributed by atoms with Crippen LogP contribution in [-0.4, -0.2) is 7.11 Å². The Labute approximate surface area is 94.1 Å². The van der Waals surface area contributed by atoms with E-state index in [9.17, 15) is 0 Å². The Bertz CT molecular complexity index is 297. The Hall–Kier alpha value is -0.0300. The highest BCUT2D eigenvalue weighted by Crippen LogP contribution is 2.19. The van der Waals surface area contributed by atoms with Gasteiger partial charge in [-0.1, -0.05) is 15.9 Å². The number of rotatable bonds is 2. The van der Waals surface area contributed by atoms with Crippen LogP contribution < -0.4 is 0 Å². The van der Waals surface area contributed by atoms with Gasteiger partial charge in [0.2, 0.25) is 0 Å². The molecule has 0 heterocycles. The van der Waals surface area contributed by atoms with E-state index in [2.05, 4.69) is 50.7 Å². The second-order valence-electron chi connectivity index (χ2n) is 2.20. The summed E-state index contributed by atoms with van der Waals surface area (Å²) < 4.78 is 7.14. The van der Waals surface area contributed by atoms with Crippen molar-refractivity contribution in [2.45, 2.75) is 0 Å². The van der Waals surface area contributed by atoms with Gasteiger partial charge in [0.1, 0.15) is 0 Å². The highest BCUT2D eigenvalue weighted by atomic mass is 127. The summed E-state index contributed by atoms with van der Waals surface area (Å²) in [5.74, 6) is 0. The van der Waals surface area contributed by atoms with Crippen LogP contribution in [0.2, 0.25) is 0 Å². The van der Waals surface area contributed by atoms with Gasteiger partial charge in [-0.15, -0.1) is 0 Å². The van der Waals surface area contributed by atoms with Crippen LogP contribution in [0.5, 0.6) is 0 Å². The molecule has 0 aliphatic rings. The van der Waals surface area contributed by atoms with Crippen LogP contribution in [0.1, 0.15) is 5.56 Å². The Morgan fingerprint density at radius 3 is 2.92 bits per heavy atom. The van der Waals surface area contributed by atoms with Gasteiger partial charge in [0.05, 0.1) is 13.4 Å². The van der Waals surface area contributed by atoms with Crippen molar-refractivity contribution in [3.8, 4) is 0 Å². The molecular formula is C9H8BrIO. The maximum atomic E-state index is 4.84. The molecule has 0 fully saturated rings. The van der Waals surface area contributed by atoms with Crippen molar-refractivity contribution in [1.29, 1.82) is 0 Å². The molecule has 0 atom stereocenters. The van der Waals surface area contributed by atoms with Crippen molar-refractivity contribution >= 4 is 44.6 Å². The van der Waals surface area contributed by atoms with Crippen molar-refractivity contribution < 1.29 is 4.74 Å². The highest BCUT2D eigenvalue weighted by molar-refractivity contribution is 14.1. The fourth-order valence-corrected chi connectivity index (χ4v) is 1.68. The van der Waals surface area contributed by atoms with Gasteiger partial charge in [-0.25, -0.2) is 0 Å². The van der Waals surface area contributed by atoms with Crippen LogP contribution in [0.15, 0.2) is 28.9 Å². The normalized spacial score (nSPS) is 10.6. The van der Waals surface area contributed by atoms with E-state index in [4.69, 9.17) is 4.74 Å². The fourth-order valence-electron chi connectivity index (χ4n) is 0.784. The summed E-state index contributed by atoms with van der Waals surface area (Å²) in [6.45, 7) is 0. The molecule has 0 amide bonds. The molecule has 3 heteroatoms. The lowest BCUT2D eigenvalue weighted by atomic mass is 10.2. The molecule has 12 heavy (non-hydrogen) atoms. The zero-order valence-electron chi connectivity index (χ0n) is 6.55. The Balaban J connectivity index is 2.97. The summed E-state index contributed by atoms with van der Waals surface area (Å²) >= 11 is 5.70. The third-order valence-corrected chi connectivity index (χ3v) is 2.82. The van der Waals surface area contributed by atoms with E-state index >= 15 is 0 Å². The number of ether oxygens (including phenoxy) is 1. The molecule has 0 N–H and O–H groups in total. The van der Waals surface area contributed by atoms with Gasteiger partial charge in [0.25, 0.3) is 0 Å². The quantitative estimate of drug-likeness (QED) is 0.590. The summed E-state index contributed by atoms with van der Waals surface area (Å²) in [6.07, 6.45) is 3.61. The second kappa shape index (κ2) is 4.87. The third-order valence-electron chi connectivity index (χ3n) is 1.34. The molecule has 0 aliphatic carbocycles. The lowest BCUT2D eigenvalue weighted by Gasteiger charge is -1.98. The van der Waals surface area contributed by atoms with Crippen molar-refractivity contribution in [1.82, 2.24) is 0 Å². The molecule has 0 spiro atoms. The van der Waals surface area contributed by atoms with Crippen LogP contribution in [0, 0.1) is 3.57 Å². The molecule has 1 nitrogen and oxygen atoms in total. The summed E-state index contributed by atoms with van der Waals surface area (Å²) in [5.41, 5.74) is 1.16. The zero-order valence-corrected chi connectivity index (χ0v) is 10.3. The number of halogens is 2. The SMILES string of the molecule is COC=Cc1cc(Br)ccc1I. The minimum Gasteiger partial charge on any atom is -0.504 e. The molecule has 0 aliphatic heterocycles. The Morgan fingerprint density at radius 2 is 2.25 bits per heavy atom. The standard InChI is InChI=1S/C9H8BrIO/c1-12-5-4-7-6-8(10)2-3-9(7)11/h2-6H,1H3. The van der Waals surface area contributed by atoms with Gasteiger partial charge in [0.15, 0.2) is 0 Å². The second-order valence-corrected chi connectivity index (χ2v) is 4.28. The molecule has 0 aromatic heterocycles. The first-order valence-electron chi connectivity index (χ1n) is 3.38. The van der Waals surface area contributed by atoms with Crippen LogP contribution in [0.3, 0.4) is 0 Å². The maximum Gasteiger partial charge on any atom is 0.0830 e. The van der Waals surface area contributed by atoms with Crippen LogP contribution in [-0.2, 0) is 4.74 Å². The highest BCUT2D eigenvalue weighted by Gasteiger charge is 1.95. The summed E-state index contributed by atoms with van der Waals surface area (Å²) in [6, 6.07) is 6.13. The van der Waals surface area contributed by atoms with Crippen LogP contribution >= 0.6 is 38.5 Å². The minimum absolute atomic E-state index is 1.08. The molecule has 0 unspecified atom stereocenters. The van der Waals surface area contributed by atoms with E-state index < -0.39 is 0 Å². The van der Waals surface area contributed by atoms with Gasteiger partial charge >= 0.3 is 0 Å². The Kier molecular flexibility index (Phi) is 4.08. The molecule has 1 rings (SSSR count). The summed E-state index contributed by atoms with van der Waals surface area (Å²) in [7, 11) is 1.64. The molecule has 0 saturated carbocycles. The third kappa shape index (κ3) is 2.79. The monoisotopic (exact) mass is 338 g/mol. The van der Waals surface area contributed by atoms with E-state index in [0.717, 1.165) is 10.0 Å². The van der Waals surface area contributed by atoms with E-state index in [1.54, 1.807) is 13.4 Å². The van der Waals surface area contributed by atoms with Gasteiger partial charge in [-0.3, -0.25) is 0 Å². The van der Waals surface area contributed by atoms with E-state index in [1.807, 2.05) is 12.1 Å². The Morgan fingerprint density at radius 1 is 1.50 bits per heavy atom. The van der Waals surface area contributed by atoms with Crippen molar-refractivity contribution in [3.05, 3.63) is 38.1 Å². The number of hydrogen-bond acceptors (Lipinski definition) is 1. The van der Waals surface area contributed by atoms with Crippen molar-refractivity contribution in [2.75, 3.05) is 7.11 Å². The molecule has 1 aromatic rings. The maximum absolute atomic E-state index is 4.84. The number of hydrogen-bond donors (Lipinski definition) is 0. The molecule has 0 saturated heterocycles. The van der Waals surface area contributed by atoms with Crippen LogP contribution in [0.25, 0.3) is 6.08 Å². The van der Waals surface area contributed by atoms with Gasteiger partial charge in [-0.2, -0.15) is 0 Å². The number of methoxy groups -OCH3 is 1. The fraction of sp³-hybridized carbons (Fsp3) is 0.111. The van der Waals surface area contributed by atoms with Gasteiger partial charge in [0, 0.05) is 8.04 Å². The van der Waals surface area contributed by atoms with E-state index in [0.29, 0.717) is 0 Å². The first-order chi connectivity index (χ1) is 5.74. The molecule has 0 radical (unpaired) electrons. The predicted octanol–water partition coefficient (Wildman–Crippen LogP) is 3.67. The molecular weight excluding hydrogens is 331 g/mol.